The second kappa shape index (κ2) is 3.47. The van der Waals surface area contributed by atoms with Gasteiger partial charge in [-0.3, -0.25) is 0 Å². The molecule has 1 N–H and O–H groups in total. The minimum absolute atomic E-state index is 0.382. The second-order valence-corrected chi connectivity index (χ2v) is 8.41. The summed E-state index contributed by atoms with van der Waals surface area (Å²) in [7, 11) is -1.10. The fraction of sp³-hybridized carbons (Fsp3) is 0.300. The Morgan fingerprint density at radius 2 is 1.92 bits per heavy atom. The molecule has 0 heterocycles. The van der Waals surface area contributed by atoms with Crippen LogP contribution in [0.1, 0.15) is 10.4 Å². The van der Waals surface area contributed by atoms with Gasteiger partial charge >= 0.3 is 5.97 Å². The van der Waals surface area contributed by atoms with Crippen LogP contribution in [-0.2, 0) is 0 Å². The van der Waals surface area contributed by atoms with Crippen LogP contribution in [0.3, 0.4) is 0 Å². The van der Waals surface area contributed by atoms with E-state index in [-0.39, 0.29) is 0 Å². The zero-order chi connectivity index (χ0) is 10.1. The highest BCUT2D eigenvalue weighted by Crippen LogP contribution is 2.44. The molecule has 0 aliphatic heterocycles. The van der Waals surface area contributed by atoms with Crippen molar-refractivity contribution in [2.24, 2.45) is 0 Å². The van der Waals surface area contributed by atoms with Gasteiger partial charge in [-0.05, 0) is 18.2 Å². The highest BCUT2D eigenvalue weighted by molar-refractivity contribution is 7.80. The smallest absolute Gasteiger partial charge is 0.335 e. The molecule has 0 amide bonds. The molecule has 0 spiro atoms. The first-order valence-electron chi connectivity index (χ1n) is 4.06. The van der Waals surface area contributed by atoms with Gasteiger partial charge in [0.05, 0.1) is 30.9 Å². The standard InChI is InChI=1S/C10H13O2P/c1-13(2,3)9-6-4-5-8(7-9)10(11)12/h4-7H,1-3H3/p+1. The molecule has 1 aromatic rings. The highest BCUT2D eigenvalue weighted by atomic mass is 31.2. The quantitative estimate of drug-likeness (QED) is 0.735. The van der Waals surface area contributed by atoms with E-state index in [0.717, 1.165) is 5.30 Å². The molecule has 2 nitrogen and oxygen atoms in total. The summed E-state index contributed by atoms with van der Waals surface area (Å²) in [5.74, 6) is -0.852. The van der Waals surface area contributed by atoms with E-state index < -0.39 is 13.2 Å². The summed E-state index contributed by atoms with van der Waals surface area (Å²) in [6.45, 7) is 6.52. The Bertz CT molecular complexity index is 326. The van der Waals surface area contributed by atoms with Gasteiger partial charge in [-0.1, -0.05) is 6.07 Å². The Balaban J connectivity index is 3.13. The van der Waals surface area contributed by atoms with E-state index >= 15 is 0 Å². The van der Waals surface area contributed by atoms with Crippen LogP contribution < -0.4 is 5.30 Å². The maximum Gasteiger partial charge on any atom is 0.335 e. The van der Waals surface area contributed by atoms with Crippen molar-refractivity contribution in [2.75, 3.05) is 20.0 Å². The number of hydrogen-bond acceptors (Lipinski definition) is 1. The van der Waals surface area contributed by atoms with Crippen molar-refractivity contribution in [3.05, 3.63) is 29.8 Å². The zero-order valence-electron chi connectivity index (χ0n) is 8.11. The minimum Gasteiger partial charge on any atom is -0.478 e. The molecule has 0 bridgehead atoms. The molecule has 0 aliphatic carbocycles. The van der Waals surface area contributed by atoms with Crippen molar-refractivity contribution < 1.29 is 9.90 Å². The van der Waals surface area contributed by atoms with Gasteiger partial charge in [0.1, 0.15) is 0 Å². The molecule has 70 valence electrons. The number of aromatic carboxylic acids is 1. The zero-order valence-corrected chi connectivity index (χ0v) is 9.01. The molecule has 1 aromatic carbocycles. The van der Waals surface area contributed by atoms with Gasteiger partial charge in [0.25, 0.3) is 0 Å². The number of hydrogen-bond donors (Lipinski definition) is 1. The van der Waals surface area contributed by atoms with Gasteiger partial charge in [-0.15, -0.1) is 0 Å². The number of benzene rings is 1. The van der Waals surface area contributed by atoms with Crippen molar-refractivity contribution in [1.82, 2.24) is 0 Å². The monoisotopic (exact) mass is 197 g/mol. The number of carbonyl (C=O) groups is 1. The second-order valence-electron chi connectivity index (χ2n) is 3.87. The van der Waals surface area contributed by atoms with Crippen LogP contribution in [0.5, 0.6) is 0 Å². The molecule has 13 heavy (non-hydrogen) atoms. The summed E-state index contributed by atoms with van der Waals surface area (Å²) in [5, 5.41) is 9.95. The summed E-state index contributed by atoms with van der Waals surface area (Å²) in [6.07, 6.45) is 0. The molecule has 0 saturated carbocycles. The van der Waals surface area contributed by atoms with E-state index in [2.05, 4.69) is 20.0 Å². The van der Waals surface area contributed by atoms with Gasteiger partial charge in [0.15, 0.2) is 0 Å². The molecule has 3 heteroatoms. The third-order valence-electron chi connectivity index (χ3n) is 1.87. The Labute approximate surface area is 78.9 Å². The van der Waals surface area contributed by atoms with Crippen molar-refractivity contribution in [3.8, 4) is 0 Å². The fourth-order valence-corrected chi connectivity index (χ4v) is 2.12. The summed E-state index contributed by atoms with van der Waals surface area (Å²) >= 11 is 0. The van der Waals surface area contributed by atoms with E-state index in [1.165, 1.54) is 0 Å². The van der Waals surface area contributed by atoms with E-state index in [0.29, 0.717) is 5.56 Å². The van der Waals surface area contributed by atoms with Crippen LogP contribution in [-0.4, -0.2) is 31.1 Å². The predicted octanol–water partition coefficient (Wildman–Crippen LogP) is 1.92. The topological polar surface area (TPSA) is 37.3 Å². The highest BCUT2D eigenvalue weighted by Gasteiger charge is 2.21. The summed E-state index contributed by atoms with van der Waals surface area (Å²) in [4.78, 5) is 10.7. The summed E-state index contributed by atoms with van der Waals surface area (Å²) in [5.41, 5.74) is 0.382. The van der Waals surface area contributed by atoms with Gasteiger partial charge < -0.3 is 5.11 Å². The molecule has 0 unspecified atom stereocenters. The average molecular weight is 197 g/mol. The number of carboxylic acids is 1. The molecule has 0 aromatic heterocycles. The number of carboxylic acid groups (broad SMARTS) is 1. The Morgan fingerprint density at radius 3 is 2.38 bits per heavy atom. The Morgan fingerprint density at radius 1 is 1.31 bits per heavy atom. The van der Waals surface area contributed by atoms with Crippen LogP contribution >= 0.6 is 7.26 Å². The maximum absolute atomic E-state index is 10.7. The minimum atomic E-state index is -1.10. The first-order chi connectivity index (χ1) is 5.91. The molecular weight excluding hydrogens is 183 g/mol. The molecule has 0 atom stereocenters. The van der Waals surface area contributed by atoms with Gasteiger partial charge in [-0.2, -0.15) is 0 Å². The third kappa shape index (κ3) is 2.53. The summed E-state index contributed by atoms with van der Waals surface area (Å²) in [6, 6.07) is 7.21. The fourth-order valence-electron chi connectivity index (χ4n) is 1.06. The van der Waals surface area contributed by atoms with E-state index in [1.807, 2.05) is 12.1 Å². The lowest BCUT2D eigenvalue weighted by Crippen LogP contribution is -2.10. The lowest BCUT2D eigenvalue weighted by atomic mass is 10.2. The van der Waals surface area contributed by atoms with Crippen LogP contribution in [0.4, 0.5) is 0 Å². The molecule has 0 saturated heterocycles. The van der Waals surface area contributed by atoms with Crippen molar-refractivity contribution in [1.29, 1.82) is 0 Å². The van der Waals surface area contributed by atoms with Crippen LogP contribution in [0, 0.1) is 0 Å². The Hall–Kier alpha value is -0.880. The molecular formula is C10H14O2P+. The van der Waals surface area contributed by atoms with E-state index in [9.17, 15) is 4.79 Å². The van der Waals surface area contributed by atoms with Crippen LogP contribution in [0.15, 0.2) is 24.3 Å². The lowest BCUT2D eigenvalue weighted by molar-refractivity contribution is 0.0697. The SMILES string of the molecule is C[P+](C)(C)c1cccc(C(=O)O)c1. The first-order valence-corrected chi connectivity index (χ1v) is 7.19. The lowest BCUT2D eigenvalue weighted by Gasteiger charge is -2.11. The van der Waals surface area contributed by atoms with Crippen molar-refractivity contribution in [3.63, 3.8) is 0 Å². The summed E-state index contributed by atoms with van der Waals surface area (Å²) < 4.78 is 0. The van der Waals surface area contributed by atoms with Gasteiger partial charge in [0.2, 0.25) is 0 Å². The number of rotatable bonds is 2. The largest absolute Gasteiger partial charge is 0.478 e. The first kappa shape index (κ1) is 10.2. The molecule has 0 aliphatic rings. The van der Waals surface area contributed by atoms with Crippen LogP contribution in [0.2, 0.25) is 0 Å². The van der Waals surface area contributed by atoms with Crippen molar-refractivity contribution >= 4 is 18.5 Å². The Kier molecular flexibility index (Phi) is 2.72. The predicted molar refractivity (Wildman–Crippen MR) is 57.7 cm³/mol. The molecule has 0 fully saturated rings. The van der Waals surface area contributed by atoms with E-state index in [1.54, 1.807) is 12.1 Å². The normalized spacial score (nSPS) is 11.3. The third-order valence-corrected chi connectivity index (χ3v) is 3.70. The van der Waals surface area contributed by atoms with E-state index in [4.69, 9.17) is 5.11 Å². The van der Waals surface area contributed by atoms with Gasteiger partial charge in [-0.25, -0.2) is 4.79 Å². The molecule has 1 rings (SSSR count). The van der Waals surface area contributed by atoms with Gasteiger partial charge in [0, 0.05) is 7.26 Å². The molecule has 0 radical (unpaired) electrons. The van der Waals surface area contributed by atoms with Crippen LogP contribution in [0.25, 0.3) is 0 Å². The van der Waals surface area contributed by atoms with Crippen molar-refractivity contribution in [2.45, 2.75) is 0 Å². The average Bonchev–Trinajstić information content (AvgIpc) is 2.03. The maximum atomic E-state index is 10.7.